The van der Waals surface area contributed by atoms with Gasteiger partial charge in [0.2, 0.25) is 15.9 Å². The fourth-order valence-corrected chi connectivity index (χ4v) is 5.10. The first kappa shape index (κ1) is 23.9. The van der Waals surface area contributed by atoms with Crippen LogP contribution in [0, 0.1) is 11.7 Å². The lowest BCUT2D eigenvalue weighted by Gasteiger charge is -2.32. The molecule has 32 heavy (non-hydrogen) atoms. The van der Waals surface area contributed by atoms with E-state index in [2.05, 4.69) is 0 Å². The van der Waals surface area contributed by atoms with Crippen molar-refractivity contribution in [3.8, 4) is 5.75 Å². The van der Waals surface area contributed by atoms with Gasteiger partial charge in [-0.2, -0.15) is 4.31 Å². The quantitative estimate of drug-likeness (QED) is 0.563. The highest BCUT2D eigenvalue weighted by Gasteiger charge is 2.33. The van der Waals surface area contributed by atoms with E-state index >= 15 is 0 Å². The third kappa shape index (κ3) is 5.52. The number of carbonyl (C=O) groups is 2. The Morgan fingerprint density at radius 3 is 2.31 bits per heavy atom. The average Bonchev–Trinajstić information content (AvgIpc) is 2.80. The van der Waals surface area contributed by atoms with Gasteiger partial charge in [0, 0.05) is 31.6 Å². The summed E-state index contributed by atoms with van der Waals surface area (Å²) < 4.78 is 46.1. The first-order chi connectivity index (χ1) is 15.2. The predicted octanol–water partition coefficient (Wildman–Crippen LogP) is 2.97. The van der Waals surface area contributed by atoms with E-state index in [1.54, 1.807) is 19.2 Å². The van der Waals surface area contributed by atoms with Gasteiger partial charge in [-0.15, -0.1) is 0 Å². The SMILES string of the molecule is CC(=O)c1ccc(S(=O)(=O)N2CCC(C(=O)N(C)CCOc3ccccc3F)CC2)cc1. The van der Waals surface area contributed by atoms with Crippen LogP contribution in [0.3, 0.4) is 0 Å². The number of para-hydroxylation sites is 1. The zero-order valence-electron chi connectivity index (χ0n) is 18.2. The third-order valence-electron chi connectivity index (χ3n) is 5.60. The molecular weight excluding hydrogens is 435 g/mol. The number of amides is 1. The molecule has 1 saturated heterocycles. The van der Waals surface area contributed by atoms with Crippen molar-refractivity contribution in [1.29, 1.82) is 0 Å². The first-order valence-corrected chi connectivity index (χ1v) is 11.9. The number of rotatable bonds is 8. The van der Waals surface area contributed by atoms with Gasteiger partial charge in [0.25, 0.3) is 0 Å². The number of ether oxygens (including phenoxy) is 1. The first-order valence-electron chi connectivity index (χ1n) is 10.4. The summed E-state index contributed by atoms with van der Waals surface area (Å²) in [4.78, 5) is 25.8. The van der Waals surface area contributed by atoms with Crippen molar-refractivity contribution in [3.05, 3.63) is 59.9 Å². The van der Waals surface area contributed by atoms with E-state index in [-0.39, 0.29) is 47.9 Å². The monoisotopic (exact) mass is 462 g/mol. The number of sulfonamides is 1. The van der Waals surface area contributed by atoms with E-state index < -0.39 is 15.8 Å². The molecule has 0 atom stereocenters. The van der Waals surface area contributed by atoms with Gasteiger partial charge in [-0.05, 0) is 44.0 Å². The number of hydrogen-bond donors (Lipinski definition) is 0. The van der Waals surface area contributed by atoms with E-state index in [1.165, 1.54) is 52.5 Å². The Morgan fingerprint density at radius 2 is 1.72 bits per heavy atom. The highest BCUT2D eigenvalue weighted by molar-refractivity contribution is 7.89. The number of nitrogens with zero attached hydrogens (tertiary/aromatic N) is 2. The van der Waals surface area contributed by atoms with Crippen LogP contribution in [-0.2, 0) is 14.8 Å². The second-order valence-corrected chi connectivity index (χ2v) is 9.74. The summed E-state index contributed by atoms with van der Waals surface area (Å²) in [6, 6.07) is 12.0. The van der Waals surface area contributed by atoms with E-state index in [0.29, 0.717) is 24.9 Å². The molecule has 0 aliphatic carbocycles. The predicted molar refractivity (Wildman–Crippen MR) is 117 cm³/mol. The molecule has 1 fully saturated rings. The van der Waals surface area contributed by atoms with Crippen molar-refractivity contribution in [3.63, 3.8) is 0 Å². The minimum Gasteiger partial charge on any atom is -0.489 e. The van der Waals surface area contributed by atoms with E-state index in [1.807, 2.05) is 0 Å². The number of ketones is 1. The van der Waals surface area contributed by atoms with Crippen molar-refractivity contribution in [2.45, 2.75) is 24.7 Å². The van der Waals surface area contributed by atoms with E-state index in [4.69, 9.17) is 4.74 Å². The second-order valence-electron chi connectivity index (χ2n) is 7.80. The van der Waals surface area contributed by atoms with Gasteiger partial charge >= 0.3 is 0 Å². The molecule has 1 aliphatic rings. The molecule has 0 unspecified atom stereocenters. The molecule has 0 N–H and O–H groups in total. The van der Waals surface area contributed by atoms with Crippen LogP contribution < -0.4 is 4.74 Å². The molecule has 2 aromatic carbocycles. The highest BCUT2D eigenvalue weighted by Crippen LogP contribution is 2.25. The van der Waals surface area contributed by atoms with Crippen LogP contribution >= 0.6 is 0 Å². The van der Waals surface area contributed by atoms with Gasteiger partial charge < -0.3 is 9.64 Å². The molecule has 1 aliphatic heterocycles. The Kier molecular flexibility index (Phi) is 7.63. The molecule has 2 aromatic rings. The van der Waals surface area contributed by atoms with Crippen molar-refractivity contribution in [2.75, 3.05) is 33.3 Å². The summed E-state index contributed by atoms with van der Waals surface area (Å²) in [6.07, 6.45) is 0.838. The summed E-state index contributed by atoms with van der Waals surface area (Å²) in [6.45, 7) is 2.37. The molecule has 0 radical (unpaired) electrons. The Bertz CT molecular complexity index is 1060. The Balaban J connectivity index is 1.51. The molecule has 0 spiro atoms. The van der Waals surface area contributed by atoms with Gasteiger partial charge in [-0.3, -0.25) is 9.59 Å². The summed E-state index contributed by atoms with van der Waals surface area (Å²) in [5.74, 6) is -0.795. The van der Waals surface area contributed by atoms with Gasteiger partial charge in [0.15, 0.2) is 17.3 Å². The van der Waals surface area contributed by atoms with Crippen LogP contribution in [0.5, 0.6) is 5.75 Å². The van der Waals surface area contributed by atoms with Gasteiger partial charge in [0.05, 0.1) is 11.4 Å². The van der Waals surface area contributed by atoms with Gasteiger partial charge in [0.1, 0.15) is 6.61 Å². The second kappa shape index (κ2) is 10.2. The normalized spacial score (nSPS) is 15.3. The lowest BCUT2D eigenvalue weighted by Crippen LogP contribution is -2.44. The fraction of sp³-hybridized carbons (Fsp3) is 0.391. The number of hydrogen-bond acceptors (Lipinski definition) is 5. The molecule has 7 nitrogen and oxygen atoms in total. The highest BCUT2D eigenvalue weighted by atomic mass is 32.2. The van der Waals surface area contributed by atoms with Crippen molar-refractivity contribution in [2.24, 2.45) is 5.92 Å². The van der Waals surface area contributed by atoms with Crippen LogP contribution in [0.1, 0.15) is 30.1 Å². The van der Waals surface area contributed by atoms with Crippen molar-refractivity contribution >= 4 is 21.7 Å². The molecule has 9 heteroatoms. The number of halogens is 1. The third-order valence-corrected chi connectivity index (χ3v) is 7.51. The van der Waals surface area contributed by atoms with Gasteiger partial charge in [-0.1, -0.05) is 24.3 Å². The Labute approximate surface area is 187 Å². The summed E-state index contributed by atoms with van der Waals surface area (Å²) >= 11 is 0. The molecule has 1 amide bonds. The number of piperidine rings is 1. The maximum atomic E-state index is 13.6. The van der Waals surface area contributed by atoms with Crippen LogP contribution in [0.4, 0.5) is 4.39 Å². The Hall–Kier alpha value is -2.78. The molecule has 0 saturated carbocycles. The largest absolute Gasteiger partial charge is 0.489 e. The molecule has 0 aromatic heterocycles. The molecule has 172 valence electrons. The molecular formula is C23H27FN2O5S. The maximum absolute atomic E-state index is 13.6. The van der Waals surface area contributed by atoms with E-state index in [0.717, 1.165) is 0 Å². The summed E-state index contributed by atoms with van der Waals surface area (Å²) in [7, 11) is -2.02. The Morgan fingerprint density at radius 1 is 1.09 bits per heavy atom. The summed E-state index contributed by atoms with van der Waals surface area (Å²) in [5, 5.41) is 0. The fourth-order valence-electron chi connectivity index (χ4n) is 3.63. The number of benzene rings is 2. The van der Waals surface area contributed by atoms with Crippen LogP contribution in [0.2, 0.25) is 0 Å². The number of carbonyl (C=O) groups excluding carboxylic acids is 2. The maximum Gasteiger partial charge on any atom is 0.243 e. The summed E-state index contributed by atoms with van der Waals surface area (Å²) in [5.41, 5.74) is 0.454. The number of Topliss-reactive ketones (excluding diaryl/α,β-unsaturated/α-hetero) is 1. The average molecular weight is 463 g/mol. The smallest absolute Gasteiger partial charge is 0.243 e. The van der Waals surface area contributed by atoms with Crippen LogP contribution in [0.15, 0.2) is 53.4 Å². The lowest BCUT2D eigenvalue weighted by atomic mass is 9.97. The lowest BCUT2D eigenvalue weighted by molar-refractivity contribution is -0.135. The molecule has 0 bridgehead atoms. The minimum atomic E-state index is -3.68. The minimum absolute atomic E-state index is 0.0787. The zero-order chi connectivity index (χ0) is 23.3. The molecule has 3 rings (SSSR count). The van der Waals surface area contributed by atoms with Crippen LogP contribution in [0.25, 0.3) is 0 Å². The zero-order valence-corrected chi connectivity index (χ0v) is 19.0. The van der Waals surface area contributed by atoms with Gasteiger partial charge in [-0.25, -0.2) is 12.8 Å². The number of likely N-dealkylation sites (N-methyl/N-ethyl adjacent to an activating group) is 1. The van der Waals surface area contributed by atoms with E-state index in [9.17, 15) is 22.4 Å². The topological polar surface area (TPSA) is 84.0 Å². The van der Waals surface area contributed by atoms with Crippen LogP contribution in [-0.4, -0.2) is 62.6 Å². The van der Waals surface area contributed by atoms with Crippen molar-refractivity contribution < 1.29 is 27.1 Å². The molecule has 1 heterocycles. The standard InChI is InChI=1S/C23H27FN2O5S/c1-17(27)18-7-9-20(10-8-18)32(29,30)26-13-11-19(12-14-26)23(28)25(2)15-16-31-22-6-4-3-5-21(22)24/h3-10,19H,11-16H2,1-2H3. The van der Waals surface area contributed by atoms with Crippen molar-refractivity contribution in [1.82, 2.24) is 9.21 Å².